The summed E-state index contributed by atoms with van der Waals surface area (Å²) in [6.45, 7) is 0. The molecule has 0 bridgehead atoms. The maximum atomic E-state index is 6.89. The number of amidine groups is 2. The second-order valence-electron chi connectivity index (χ2n) is 1.82. The summed E-state index contributed by atoms with van der Waals surface area (Å²) in [5.74, 6) is 1.40. The lowest BCUT2D eigenvalue weighted by Gasteiger charge is -1.92. The quantitative estimate of drug-likeness (QED) is 0.309. The first kappa shape index (κ1) is 11.4. The molecule has 6 N–H and O–H groups in total. The number of thioether (sulfide) groups is 2. The largest absolute Gasteiger partial charge is 0.379 e. The minimum absolute atomic E-state index is 0.124. The van der Waals surface area contributed by atoms with Crippen LogP contribution in [0.4, 0.5) is 0 Å². The summed E-state index contributed by atoms with van der Waals surface area (Å²) in [5.41, 5.74) is 10.2. The highest BCUT2D eigenvalue weighted by Gasteiger charge is 1.87. The predicted molar refractivity (Wildman–Crippen MR) is 57.9 cm³/mol. The molecule has 0 radical (unpaired) electrons. The van der Waals surface area contributed by atoms with Gasteiger partial charge in [0.15, 0.2) is 10.3 Å². The van der Waals surface area contributed by atoms with Gasteiger partial charge in [-0.05, 0) is 0 Å². The van der Waals surface area contributed by atoms with E-state index in [0.717, 1.165) is 0 Å². The third-order valence-electron chi connectivity index (χ3n) is 0.837. The molecule has 0 heterocycles. The van der Waals surface area contributed by atoms with Crippen molar-refractivity contribution in [1.29, 1.82) is 10.8 Å². The summed E-state index contributed by atoms with van der Waals surface area (Å²) in [4.78, 5) is 0. The average molecular weight is 204 g/mol. The SMILES string of the molecule is N=C(N)SCC=CCSC(=N)N. The molecule has 68 valence electrons. The minimum atomic E-state index is 0.124. The number of hydrogen-bond acceptors (Lipinski definition) is 4. The van der Waals surface area contributed by atoms with Gasteiger partial charge in [-0.2, -0.15) is 0 Å². The van der Waals surface area contributed by atoms with E-state index in [1.165, 1.54) is 23.5 Å². The normalized spacial score (nSPS) is 10.3. The molecule has 0 atom stereocenters. The third-order valence-corrected chi connectivity index (χ3v) is 2.18. The molecule has 0 aromatic heterocycles. The molecule has 0 aliphatic heterocycles. The Balaban J connectivity index is 3.26. The Labute approximate surface area is 80.2 Å². The Morgan fingerprint density at radius 3 is 1.58 bits per heavy atom. The summed E-state index contributed by atoms with van der Waals surface area (Å²) in [5, 5.41) is 14.0. The zero-order valence-corrected chi connectivity index (χ0v) is 8.17. The van der Waals surface area contributed by atoms with Crippen molar-refractivity contribution in [2.75, 3.05) is 11.5 Å². The highest BCUT2D eigenvalue weighted by atomic mass is 32.2. The van der Waals surface area contributed by atoms with Gasteiger partial charge in [-0.15, -0.1) is 0 Å². The highest BCUT2D eigenvalue weighted by Crippen LogP contribution is 2.01. The average Bonchev–Trinajstić information content (AvgIpc) is 1.95. The molecule has 0 saturated heterocycles. The molecule has 0 aromatic rings. The summed E-state index contributed by atoms with van der Waals surface area (Å²) in [7, 11) is 0. The van der Waals surface area contributed by atoms with Crippen molar-refractivity contribution in [3.8, 4) is 0 Å². The summed E-state index contributed by atoms with van der Waals surface area (Å²) < 4.78 is 0. The Morgan fingerprint density at radius 2 is 1.33 bits per heavy atom. The van der Waals surface area contributed by atoms with Crippen molar-refractivity contribution < 1.29 is 0 Å². The van der Waals surface area contributed by atoms with Crippen LogP contribution in [0.2, 0.25) is 0 Å². The number of nitrogens with two attached hydrogens (primary N) is 2. The number of rotatable bonds is 4. The van der Waals surface area contributed by atoms with E-state index in [2.05, 4.69) is 0 Å². The maximum absolute atomic E-state index is 6.89. The maximum Gasteiger partial charge on any atom is 0.151 e. The van der Waals surface area contributed by atoms with Gasteiger partial charge in [-0.25, -0.2) is 0 Å². The van der Waals surface area contributed by atoms with Crippen molar-refractivity contribution >= 4 is 33.9 Å². The Bertz CT molecular complexity index is 170. The van der Waals surface area contributed by atoms with Crippen molar-refractivity contribution in [2.24, 2.45) is 11.5 Å². The first-order valence-electron chi connectivity index (χ1n) is 3.21. The van der Waals surface area contributed by atoms with Crippen LogP contribution < -0.4 is 11.5 Å². The Kier molecular flexibility index (Phi) is 6.69. The molecule has 6 heteroatoms. The third kappa shape index (κ3) is 9.38. The topological polar surface area (TPSA) is 99.7 Å². The van der Waals surface area contributed by atoms with Gasteiger partial charge in [0, 0.05) is 11.5 Å². The van der Waals surface area contributed by atoms with E-state index in [1.54, 1.807) is 0 Å². The minimum Gasteiger partial charge on any atom is -0.379 e. The van der Waals surface area contributed by atoms with Gasteiger partial charge in [0.25, 0.3) is 0 Å². The van der Waals surface area contributed by atoms with Crippen LogP contribution in [0.1, 0.15) is 0 Å². The first-order chi connectivity index (χ1) is 5.63. The zero-order valence-electron chi connectivity index (χ0n) is 6.54. The van der Waals surface area contributed by atoms with E-state index in [1.807, 2.05) is 12.2 Å². The molecule has 0 spiro atoms. The smallest absolute Gasteiger partial charge is 0.151 e. The van der Waals surface area contributed by atoms with E-state index in [9.17, 15) is 0 Å². The summed E-state index contributed by atoms with van der Waals surface area (Å²) >= 11 is 2.54. The molecule has 0 aliphatic carbocycles. The molecule has 4 nitrogen and oxygen atoms in total. The lowest BCUT2D eigenvalue weighted by Crippen LogP contribution is -2.04. The van der Waals surface area contributed by atoms with Crippen molar-refractivity contribution in [2.45, 2.75) is 0 Å². The Hall–Kier alpha value is -0.620. The predicted octanol–water partition coefficient (Wildman–Crippen LogP) is 0.796. The van der Waals surface area contributed by atoms with Gasteiger partial charge in [-0.1, -0.05) is 35.7 Å². The van der Waals surface area contributed by atoms with Crippen LogP contribution in [-0.2, 0) is 0 Å². The molecule has 0 amide bonds. The monoisotopic (exact) mass is 204 g/mol. The molecule has 0 aromatic carbocycles. The molecule has 12 heavy (non-hydrogen) atoms. The fraction of sp³-hybridized carbons (Fsp3) is 0.333. The van der Waals surface area contributed by atoms with E-state index >= 15 is 0 Å². The summed E-state index contributed by atoms with van der Waals surface area (Å²) in [6.07, 6.45) is 3.81. The van der Waals surface area contributed by atoms with Gasteiger partial charge in [-0.3, -0.25) is 10.8 Å². The molecule has 0 rings (SSSR count). The fourth-order valence-corrected chi connectivity index (χ4v) is 1.24. The van der Waals surface area contributed by atoms with Crippen LogP contribution in [0.5, 0.6) is 0 Å². The van der Waals surface area contributed by atoms with Crippen LogP contribution in [0, 0.1) is 10.8 Å². The standard InChI is InChI=1S/C6H12N4S2/c7-5(8)11-3-1-2-4-12-6(9)10/h1-2H,3-4H2,(H3,7,8)(H3,9,10). The molecule has 0 unspecified atom stereocenters. The zero-order chi connectivity index (χ0) is 9.40. The molecule has 0 aliphatic rings. The van der Waals surface area contributed by atoms with Crippen LogP contribution in [0.15, 0.2) is 12.2 Å². The molecular weight excluding hydrogens is 192 g/mol. The first-order valence-corrected chi connectivity index (χ1v) is 5.18. The Morgan fingerprint density at radius 1 is 1.00 bits per heavy atom. The molecule has 0 saturated carbocycles. The van der Waals surface area contributed by atoms with E-state index in [0.29, 0.717) is 11.5 Å². The van der Waals surface area contributed by atoms with Crippen LogP contribution in [0.3, 0.4) is 0 Å². The van der Waals surface area contributed by atoms with Gasteiger partial charge >= 0.3 is 0 Å². The van der Waals surface area contributed by atoms with E-state index in [4.69, 9.17) is 22.3 Å². The fourth-order valence-electron chi connectivity index (χ4n) is 0.412. The molecule has 0 fully saturated rings. The van der Waals surface area contributed by atoms with Crippen LogP contribution in [-0.4, -0.2) is 21.8 Å². The second-order valence-corrected chi connectivity index (χ2v) is 3.95. The molecular formula is C6H12N4S2. The van der Waals surface area contributed by atoms with Crippen molar-refractivity contribution in [3.63, 3.8) is 0 Å². The van der Waals surface area contributed by atoms with Crippen LogP contribution in [0.25, 0.3) is 0 Å². The van der Waals surface area contributed by atoms with E-state index < -0.39 is 0 Å². The van der Waals surface area contributed by atoms with E-state index in [-0.39, 0.29) is 10.3 Å². The van der Waals surface area contributed by atoms with Crippen molar-refractivity contribution in [3.05, 3.63) is 12.2 Å². The lowest BCUT2D eigenvalue weighted by molar-refractivity contribution is 1.50. The lowest BCUT2D eigenvalue weighted by atomic mass is 10.6. The highest BCUT2D eigenvalue weighted by molar-refractivity contribution is 8.14. The van der Waals surface area contributed by atoms with Gasteiger partial charge in [0.1, 0.15) is 0 Å². The van der Waals surface area contributed by atoms with Gasteiger partial charge < -0.3 is 11.5 Å². The summed E-state index contributed by atoms with van der Waals surface area (Å²) in [6, 6.07) is 0. The van der Waals surface area contributed by atoms with Gasteiger partial charge in [0.05, 0.1) is 0 Å². The van der Waals surface area contributed by atoms with Gasteiger partial charge in [0.2, 0.25) is 0 Å². The van der Waals surface area contributed by atoms with Crippen LogP contribution >= 0.6 is 23.5 Å². The number of hydrogen-bond donors (Lipinski definition) is 4. The number of nitrogens with one attached hydrogen (secondary N) is 2. The van der Waals surface area contributed by atoms with Crippen molar-refractivity contribution in [1.82, 2.24) is 0 Å². The second kappa shape index (κ2) is 7.05.